The predicted molar refractivity (Wildman–Crippen MR) is 68.1 cm³/mol. The van der Waals surface area contributed by atoms with E-state index in [1.807, 2.05) is 6.92 Å². The van der Waals surface area contributed by atoms with Crippen LogP contribution in [-0.2, 0) is 9.53 Å². The molecule has 18 heavy (non-hydrogen) atoms. The molecule has 0 aliphatic carbocycles. The van der Waals surface area contributed by atoms with E-state index in [4.69, 9.17) is 5.73 Å². The average Bonchev–Trinajstić information content (AvgIpc) is 2.22. The molecule has 0 aliphatic heterocycles. The topological polar surface area (TPSA) is 92.9 Å². The molecule has 0 unspecified atom stereocenters. The Kier molecular flexibility index (Phi) is 5.60. The summed E-state index contributed by atoms with van der Waals surface area (Å²) < 4.78 is 4.67. The molecular weight excluding hydrogens is 236 g/mol. The Morgan fingerprint density at radius 2 is 1.83 bits per heavy atom. The van der Waals surface area contributed by atoms with Gasteiger partial charge in [-0.2, -0.15) is 0 Å². The monoisotopic (exact) mass is 260 g/mol. The molecule has 0 aromatic carbocycles. The maximum Gasteiger partial charge on any atom is 0.409 e. The van der Waals surface area contributed by atoms with Crippen molar-refractivity contribution in [1.29, 1.82) is 0 Å². The van der Waals surface area contributed by atoms with Crippen molar-refractivity contribution in [2.45, 2.75) is 58.2 Å². The number of amides is 1. The van der Waals surface area contributed by atoms with E-state index in [-0.39, 0.29) is 6.42 Å². The van der Waals surface area contributed by atoms with E-state index in [1.165, 1.54) is 7.11 Å². The molecule has 3 N–H and O–H groups in total. The molecule has 0 spiro atoms. The molecule has 1 atom stereocenters. The molecular formula is C12H24N2O4. The smallest absolute Gasteiger partial charge is 0.409 e. The number of hydrogen-bond donors (Lipinski definition) is 2. The van der Waals surface area contributed by atoms with Crippen LogP contribution in [0.2, 0.25) is 0 Å². The summed E-state index contributed by atoms with van der Waals surface area (Å²) in [5.74, 6) is -0.728. The molecule has 6 nitrogen and oxygen atoms in total. The second-order valence-corrected chi connectivity index (χ2v) is 5.31. The first-order chi connectivity index (χ1) is 8.11. The van der Waals surface area contributed by atoms with E-state index in [1.54, 1.807) is 20.8 Å². The lowest BCUT2D eigenvalue weighted by Gasteiger charge is -2.44. The highest BCUT2D eigenvalue weighted by atomic mass is 16.5. The van der Waals surface area contributed by atoms with Crippen molar-refractivity contribution >= 4 is 12.1 Å². The first kappa shape index (κ1) is 16.7. The highest BCUT2D eigenvalue weighted by Crippen LogP contribution is 2.27. The SMILES string of the molecule is CCCC[C@@](N)(C(=O)OC)N(C(=O)O)C(C)(C)C. The Hall–Kier alpha value is -1.30. The summed E-state index contributed by atoms with van der Waals surface area (Å²) >= 11 is 0. The molecule has 0 radical (unpaired) electrons. The Balaban J connectivity index is 5.50. The third-order valence-electron chi connectivity index (χ3n) is 2.71. The van der Waals surface area contributed by atoms with Crippen LogP contribution in [0.4, 0.5) is 4.79 Å². The zero-order chi connectivity index (χ0) is 14.6. The first-order valence-electron chi connectivity index (χ1n) is 6.01. The number of ether oxygens (including phenoxy) is 1. The van der Waals surface area contributed by atoms with Crippen molar-refractivity contribution in [2.75, 3.05) is 7.11 Å². The van der Waals surface area contributed by atoms with Gasteiger partial charge in [-0.1, -0.05) is 13.3 Å². The van der Waals surface area contributed by atoms with Crippen LogP contribution in [0.15, 0.2) is 0 Å². The standard InChI is InChI=1S/C12H24N2O4/c1-6-7-8-12(13,9(15)18-5)14(10(16)17)11(2,3)4/h6-8,13H2,1-5H3,(H,16,17)/t12-/m0/s1. The van der Waals surface area contributed by atoms with Crippen molar-refractivity contribution in [3.05, 3.63) is 0 Å². The van der Waals surface area contributed by atoms with Crippen LogP contribution in [-0.4, -0.2) is 40.4 Å². The summed E-state index contributed by atoms with van der Waals surface area (Å²) in [4.78, 5) is 24.3. The maximum absolute atomic E-state index is 11.9. The van der Waals surface area contributed by atoms with Gasteiger partial charge in [0.2, 0.25) is 0 Å². The van der Waals surface area contributed by atoms with Crippen LogP contribution in [0.3, 0.4) is 0 Å². The zero-order valence-electron chi connectivity index (χ0n) is 11.8. The number of methoxy groups -OCH3 is 1. The van der Waals surface area contributed by atoms with Crippen molar-refractivity contribution in [3.63, 3.8) is 0 Å². The number of unbranched alkanes of at least 4 members (excludes halogenated alkanes) is 1. The lowest BCUT2D eigenvalue weighted by Crippen LogP contribution is -2.68. The van der Waals surface area contributed by atoms with Gasteiger partial charge in [0.15, 0.2) is 5.66 Å². The minimum absolute atomic E-state index is 0.236. The van der Waals surface area contributed by atoms with E-state index in [2.05, 4.69) is 4.74 Å². The number of hydrogen-bond acceptors (Lipinski definition) is 4. The van der Waals surface area contributed by atoms with Crippen LogP contribution >= 0.6 is 0 Å². The fraction of sp³-hybridized carbons (Fsp3) is 0.833. The number of esters is 1. The van der Waals surface area contributed by atoms with Gasteiger partial charge >= 0.3 is 12.1 Å². The number of rotatable bonds is 5. The number of carboxylic acid groups (broad SMARTS) is 1. The number of carbonyl (C=O) groups is 2. The van der Waals surface area contributed by atoms with Gasteiger partial charge in [-0.25, -0.2) is 9.59 Å². The molecule has 0 rings (SSSR count). The highest BCUT2D eigenvalue weighted by molar-refractivity contribution is 5.85. The average molecular weight is 260 g/mol. The lowest BCUT2D eigenvalue weighted by atomic mass is 9.95. The van der Waals surface area contributed by atoms with Gasteiger partial charge in [0.1, 0.15) is 0 Å². The van der Waals surface area contributed by atoms with Gasteiger partial charge in [0, 0.05) is 5.54 Å². The molecule has 0 bridgehead atoms. The summed E-state index contributed by atoms with van der Waals surface area (Å²) in [7, 11) is 1.21. The molecule has 0 heterocycles. The van der Waals surface area contributed by atoms with Crippen LogP contribution in [0, 0.1) is 0 Å². The molecule has 106 valence electrons. The third-order valence-corrected chi connectivity index (χ3v) is 2.71. The Bertz CT molecular complexity index is 312. The summed E-state index contributed by atoms with van der Waals surface area (Å²) in [6.07, 6.45) is 0.463. The fourth-order valence-electron chi connectivity index (χ4n) is 1.98. The molecule has 0 fully saturated rings. The predicted octanol–water partition coefficient (Wildman–Crippen LogP) is 1.78. The molecule has 0 aromatic heterocycles. The van der Waals surface area contributed by atoms with Gasteiger partial charge in [0.05, 0.1) is 7.11 Å². The van der Waals surface area contributed by atoms with E-state index >= 15 is 0 Å². The summed E-state index contributed by atoms with van der Waals surface area (Å²) in [6, 6.07) is 0. The number of nitrogens with two attached hydrogens (primary N) is 1. The van der Waals surface area contributed by atoms with E-state index in [0.29, 0.717) is 6.42 Å². The summed E-state index contributed by atoms with van der Waals surface area (Å²) in [5, 5.41) is 9.33. The fourth-order valence-corrected chi connectivity index (χ4v) is 1.98. The first-order valence-corrected chi connectivity index (χ1v) is 6.01. The van der Waals surface area contributed by atoms with E-state index < -0.39 is 23.3 Å². The van der Waals surface area contributed by atoms with Crippen LogP contribution < -0.4 is 5.73 Å². The maximum atomic E-state index is 11.9. The van der Waals surface area contributed by atoms with Crippen LogP contribution in [0.5, 0.6) is 0 Å². The second kappa shape index (κ2) is 6.04. The molecule has 0 saturated carbocycles. The van der Waals surface area contributed by atoms with Crippen LogP contribution in [0.1, 0.15) is 47.0 Å². The Labute approximate surface area is 108 Å². The van der Waals surface area contributed by atoms with Crippen molar-refractivity contribution < 1.29 is 19.4 Å². The van der Waals surface area contributed by atoms with Crippen molar-refractivity contribution in [2.24, 2.45) is 5.73 Å². The van der Waals surface area contributed by atoms with Gasteiger partial charge < -0.3 is 9.84 Å². The van der Waals surface area contributed by atoms with Gasteiger partial charge in [-0.3, -0.25) is 10.6 Å². The molecule has 0 saturated heterocycles. The Morgan fingerprint density at radius 1 is 1.33 bits per heavy atom. The van der Waals surface area contributed by atoms with Gasteiger partial charge in [0.25, 0.3) is 0 Å². The summed E-state index contributed by atoms with van der Waals surface area (Å²) in [6.45, 7) is 7.02. The van der Waals surface area contributed by atoms with Gasteiger partial charge in [-0.05, 0) is 33.6 Å². The molecule has 0 aromatic rings. The van der Waals surface area contributed by atoms with E-state index in [9.17, 15) is 14.7 Å². The van der Waals surface area contributed by atoms with Crippen LogP contribution in [0.25, 0.3) is 0 Å². The molecule has 0 aliphatic rings. The minimum atomic E-state index is -1.64. The zero-order valence-corrected chi connectivity index (χ0v) is 11.8. The second-order valence-electron chi connectivity index (χ2n) is 5.31. The van der Waals surface area contributed by atoms with E-state index in [0.717, 1.165) is 11.3 Å². The Morgan fingerprint density at radius 3 is 2.11 bits per heavy atom. The van der Waals surface area contributed by atoms with Gasteiger partial charge in [-0.15, -0.1) is 0 Å². The lowest BCUT2D eigenvalue weighted by molar-refractivity contribution is -0.158. The number of nitrogens with zero attached hydrogens (tertiary/aromatic N) is 1. The van der Waals surface area contributed by atoms with Crippen molar-refractivity contribution in [1.82, 2.24) is 4.90 Å². The molecule has 1 amide bonds. The summed E-state index contributed by atoms with van der Waals surface area (Å²) in [5.41, 5.74) is 3.61. The largest absolute Gasteiger partial charge is 0.466 e. The molecule has 6 heteroatoms. The number of carbonyl (C=O) groups excluding carboxylic acids is 1. The third kappa shape index (κ3) is 3.60. The minimum Gasteiger partial charge on any atom is -0.466 e. The normalized spacial score (nSPS) is 14.8. The quantitative estimate of drug-likeness (QED) is 0.580. The van der Waals surface area contributed by atoms with Crippen molar-refractivity contribution in [3.8, 4) is 0 Å². The highest BCUT2D eigenvalue weighted by Gasteiger charge is 2.48.